The van der Waals surface area contributed by atoms with E-state index < -0.39 is 0 Å². The third kappa shape index (κ3) is 2.29. The first-order valence-electron chi connectivity index (χ1n) is 7.20. The number of anilines is 1. The number of rotatable bonds is 2. The van der Waals surface area contributed by atoms with Crippen LogP contribution in [-0.4, -0.2) is 38.1 Å². The fraction of sp³-hybridized carbons (Fsp3) is 0.267. The number of nitrogens with two attached hydrogens (primary N) is 1. The lowest BCUT2D eigenvalue weighted by molar-refractivity contribution is 0.185. The van der Waals surface area contributed by atoms with Crippen LogP contribution >= 0.6 is 11.6 Å². The largest absolute Gasteiger partial charge is 0.506 e. The number of nitrogen functional groups attached to an aromatic ring is 1. The van der Waals surface area contributed by atoms with Crippen molar-refractivity contribution in [3.05, 3.63) is 29.5 Å². The summed E-state index contributed by atoms with van der Waals surface area (Å²) in [6.07, 6.45) is 2.29. The van der Waals surface area contributed by atoms with Gasteiger partial charge in [0.15, 0.2) is 5.65 Å². The van der Waals surface area contributed by atoms with Crippen molar-refractivity contribution in [1.29, 1.82) is 0 Å². The monoisotopic (exact) mass is 331 g/mol. The molecule has 1 saturated heterocycles. The number of phenolic OH excluding ortho intramolecular Hbond substituents is 1. The highest BCUT2D eigenvalue weighted by atomic mass is 35.5. The predicted octanol–water partition coefficient (Wildman–Crippen LogP) is 2.40. The third-order valence-electron chi connectivity index (χ3n) is 3.99. The van der Waals surface area contributed by atoms with Gasteiger partial charge in [-0.3, -0.25) is 0 Å². The zero-order valence-corrected chi connectivity index (χ0v) is 12.9. The van der Waals surface area contributed by atoms with Crippen LogP contribution < -0.4 is 5.73 Å². The molecule has 1 aliphatic rings. The second-order valence-corrected chi connectivity index (χ2v) is 5.84. The number of ether oxygens (including phenoxy) is 1. The molecule has 1 atom stereocenters. The molecule has 3 N–H and O–H groups in total. The van der Waals surface area contributed by atoms with Crippen LogP contribution in [0.4, 0.5) is 5.82 Å². The number of fused-ring (bicyclic) bond motifs is 1. The van der Waals surface area contributed by atoms with Crippen molar-refractivity contribution in [3.63, 3.8) is 0 Å². The molecular formula is C15H14ClN5O2. The Kier molecular flexibility index (Phi) is 3.32. The summed E-state index contributed by atoms with van der Waals surface area (Å²) in [7, 11) is 0. The maximum Gasteiger partial charge on any atom is 0.164 e. The van der Waals surface area contributed by atoms with Gasteiger partial charge in [0.25, 0.3) is 0 Å². The van der Waals surface area contributed by atoms with Crippen LogP contribution in [0.3, 0.4) is 0 Å². The van der Waals surface area contributed by atoms with E-state index in [1.54, 1.807) is 18.2 Å². The molecule has 7 nitrogen and oxygen atoms in total. The summed E-state index contributed by atoms with van der Waals surface area (Å²) in [4.78, 5) is 8.40. The van der Waals surface area contributed by atoms with Gasteiger partial charge in [0, 0.05) is 12.2 Å². The van der Waals surface area contributed by atoms with E-state index in [4.69, 9.17) is 22.1 Å². The first kappa shape index (κ1) is 14.2. The molecular weight excluding hydrogens is 318 g/mol. The highest BCUT2D eigenvalue weighted by Crippen LogP contribution is 2.36. The molecule has 0 aliphatic carbocycles. The molecule has 3 aromatic rings. The standard InChI is InChI=1S/C15H14ClN5O2/c16-10-2-1-8(5-11(10)22)13-12-14(17)18-7-19-15(12)21(20-13)9-3-4-23-6-9/h1-2,5,7,9,22H,3-4,6H2,(H2,17,18,19)/t9-/m1/s1. The lowest BCUT2D eigenvalue weighted by Crippen LogP contribution is -2.11. The maximum absolute atomic E-state index is 9.87. The number of phenols is 1. The summed E-state index contributed by atoms with van der Waals surface area (Å²) in [5, 5.41) is 15.5. The molecule has 3 heterocycles. The molecule has 2 aromatic heterocycles. The molecule has 8 heteroatoms. The van der Waals surface area contributed by atoms with Gasteiger partial charge in [-0.1, -0.05) is 17.7 Å². The Morgan fingerprint density at radius 3 is 2.96 bits per heavy atom. The number of hydrogen-bond donors (Lipinski definition) is 2. The molecule has 118 valence electrons. The lowest BCUT2D eigenvalue weighted by atomic mass is 10.1. The second-order valence-electron chi connectivity index (χ2n) is 5.43. The highest BCUT2D eigenvalue weighted by Gasteiger charge is 2.25. The van der Waals surface area contributed by atoms with Crippen LogP contribution in [0.2, 0.25) is 5.02 Å². The topological polar surface area (TPSA) is 99.1 Å². The molecule has 0 bridgehead atoms. The average molecular weight is 332 g/mol. The first-order valence-corrected chi connectivity index (χ1v) is 7.58. The van der Waals surface area contributed by atoms with Crippen molar-refractivity contribution in [1.82, 2.24) is 19.7 Å². The number of hydrogen-bond acceptors (Lipinski definition) is 6. The van der Waals surface area contributed by atoms with Gasteiger partial charge in [0.05, 0.1) is 23.1 Å². The molecule has 0 amide bonds. The molecule has 0 radical (unpaired) electrons. The summed E-state index contributed by atoms with van der Waals surface area (Å²) >= 11 is 5.88. The van der Waals surface area contributed by atoms with Crippen molar-refractivity contribution >= 4 is 28.5 Å². The number of aromatic hydroxyl groups is 1. The minimum Gasteiger partial charge on any atom is -0.506 e. The minimum absolute atomic E-state index is 0.00788. The van der Waals surface area contributed by atoms with Crippen LogP contribution in [0, 0.1) is 0 Å². The second kappa shape index (κ2) is 5.36. The van der Waals surface area contributed by atoms with Crippen LogP contribution in [-0.2, 0) is 4.74 Å². The van der Waals surface area contributed by atoms with E-state index in [1.165, 1.54) is 6.33 Å². The number of aromatic nitrogens is 4. The Labute approximate surface area is 136 Å². The Hall–Kier alpha value is -2.38. The van der Waals surface area contributed by atoms with Gasteiger partial charge in [-0.05, 0) is 18.6 Å². The van der Waals surface area contributed by atoms with Gasteiger partial charge < -0.3 is 15.6 Å². The van der Waals surface area contributed by atoms with Crippen LogP contribution in [0.15, 0.2) is 24.5 Å². The Morgan fingerprint density at radius 1 is 1.35 bits per heavy atom. The fourth-order valence-corrected chi connectivity index (χ4v) is 2.94. The first-order chi connectivity index (χ1) is 11.1. The summed E-state index contributed by atoms with van der Waals surface area (Å²) < 4.78 is 7.28. The fourth-order valence-electron chi connectivity index (χ4n) is 2.83. The number of halogens is 1. The zero-order chi connectivity index (χ0) is 16.0. The molecule has 0 saturated carbocycles. The zero-order valence-electron chi connectivity index (χ0n) is 12.1. The van der Waals surface area contributed by atoms with Crippen molar-refractivity contribution in [2.24, 2.45) is 0 Å². The highest BCUT2D eigenvalue weighted by molar-refractivity contribution is 6.32. The van der Waals surface area contributed by atoms with Gasteiger partial charge in [0.2, 0.25) is 0 Å². The van der Waals surface area contributed by atoms with E-state index in [0.717, 1.165) is 6.42 Å². The molecule has 0 spiro atoms. The van der Waals surface area contributed by atoms with E-state index in [-0.39, 0.29) is 16.8 Å². The molecule has 1 aliphatic heterocycles. The van der Waals surface area contributed by atoms with Gasteiger partial charge in [0.1, 0.15) is 23.6 Å². The van der Waals surface area contributed by atoms with Gasteiger partial charge in [-0.15, -0.1) is 0 Å². The summed E-state index contributed by atoms with van der Waals surface area (Å²) in [6.45, 7) is 1.29. The van der Waals surface area contributed by atoms with Crippen molar-refractivity contribution in [3.8, 4) is 17.0 Å². The smallest absolute Gasteiger partial charge is 0.164 e. The molecule has 0 unspecified atom stereocenters. The van der Waals surface area contributed by atoms with E-state index >= 15 is 0 Å². The summed E-state index contributed by atoms with van der Waals surface area (Å²) in [5.74, 6) is 0.344. The number of benzene rings is 1. The lowest BCUT2D eigenvalue weighted by Gasteiger charge is -2.08. The Morgan fingerprint density at radius 2 is 2.22 bits per heavy atom. The van der Waals surface area contributed by atoms with Crippen molar-refractivity contribution < 1.29 is 9.84 Å². The molecule has 1 fully saturated rings. The summed E-state index contributed by atoms with van der Waals surface area (Å²) in [5.41, 5.74) is 8.04. The SMILES string of the molecule is Nc1ncnc2c1c(-c1ccc(Cl)c(O)c1)nn2[C@@H]1CCOC1. The average Bonchev–Trinajstić information content (AvgIpc) is 3.17. The van der Waals surface area contributed by atoms with Crippen LogP contribution in [0.1, 0.15) is 12.5 Å². The summed E-state index contributed by atoms with van der Waals surface area (Å²) in [6, 6.07) is 5.08. The third-order valence-corrected chi connectivity index (χ3v) is 4.31. The predicted molar refractivity (Wildman–Crippen MR) is 86.3 cm³/mol. The van der Waals surface area contributed by atoms with Gasteiger partial charge in [-0.25, -0.2) is 14.6 Å². The number of nitrogens with zero attached hydrogens (tertiary/aromatic N) is 4. The minimum atomic E-state index is -0.00788. The maximum atomic E-state index is 9.87. The quantitative estimate of drug-likeness (QED) is 0.748. The van der Waals surface area contributed by atoms with Gasteiger partial charge >= 0.3 is 0 Å². The molecule has 23 heavy (non-hydrogen) atoms. The van der Waals surface area contributed by atoms with Crippen LogP contribution in [0.25, 0.3) is 22.3 Å². The normalized spacial score (nSPS) is 17.9. The van der Waals surface area contributed by atoms with E-state index in [9.17, 15) is 5.11 Å². The van der Waals surface area contributed by atoms with Crippen molar-refractivity contribution in [2.45, 2.75) is 12.5 Å². The van der Waals surface area contributed by atoms with E-state index in [2.05, 4.69) is 15.1 Å². The van der Waals surface area contributed by atoms with Gasteiger partial charge in [-0.2, -0.15) is 5.10 Å². The van der Waals surface area contributed by atoms with E-state index in [1.807, 2.05) is 4.68 Å². The van der Waals surface area contributed by atoms with Crippen molar-refractivity contribution in [2.75, 3.05) is 18.9 Å². The molecule has 1 aromatic carbocycles. The van der Waals surface area contributed by atoms with E-state index in [0.29, 0.717) is 41.3 Å². The Bertz CT molecular complexity index is 889. The molecule has 4 rings (SSSR count). The van der Waals surface area contributed by atoms with Crippen LogP contribution in [0.5, 0.6) is 5.75 Å². The Balaban J connectivity index is 1.97.